The van der Waals surface area contributed by atoms with E-state index < -0.39 is 0 Å². The molecule has 0 saturated carbocycles. The Morgan fingerprint density at radius 3 is 1.71 bits per heavy atom. The minimum atomic E-state index is 0.351. The van der Waals surface area contributed by atoms with Crippen LogP contribution in [0.1, 0.15) is 0 Å². The summed E-state index contributed by atoms with van der Waals surface area (Å²) >= 11 is 10.7. The molecule has 3 heteroatoms. The van der Waals surface area contributed by atoms with Gasteiger partial charge in [-0.15, -0.1) is 0 Å². The van der Waals surface area contributed by atoms with E-state index in [0.29, 0.717) is 15.0 Å². The van der Waals surface area contributed by atoms with Gasteiger partial charge < -0.3 is 0 Å². The topological polar surface area (TPSA) is 0 Å². The van der Waals surface area contributed by atoms with E-state index in [1.807, 2.05) is 9.95 Å². The minimum absolute atomic E-state index is 0.351. The van der Waals surface area contributed by atoms with E-state index in [1.54, 1.807) is 0 Å². The zero-order valence-electron chi connectivity index (χ0n) is 3.47. The third-order valence-corrected chi connectivity index (χ3v) is 2.42. The van der Waals surface area contributed by atoms with Crippen molar-refractivity contribution in [2.24, 2.45) is 0 Å². The second-order valence-corrected chi connectivity index (χ2v) is 2.88. The quantitative estimate of drug-likeness (QED) is 0.601. The molecular formula is C4H4Cl2Se. The first-order chi connectivity index (χ1) is 3.41. The molecule has 7 heavy (non-hydrogen) atoms. The predicted octanol–water partition coefficient (Wildman–Crippen LogP) is 2.11. The number of hydrogen-bond acceptors (Lipinski definition) is 0. The normalized spacial score (nSPS) is 11.7. The van der Waals surface area contributed by atoms with Crippen LogP contribution in [-0.4, -0.2) is 15.0 Å². The first-order valence-corrected chi connectivity index (χ1v) is 4.43. The van der Waals surface area contributed by atoms with Crippen molar-refractivity contribution < 1.29 is 0 Å². The molecule has 0 aromatic rings. The molecule has 0 fully saturated rings. The summed E-state index contributed by atoms with van der Waals surface area (Å²) in [5.41, 5.74) is 2.99. The van der Waals surface area contributed by atoms with Gasteiger partial charge in [-0.2, -0.15) is 0 Å². The van der Waals surface area contributed by atoms with Crippen LogP contribution in [0.4, 0.5) is 0 Å². The second-order valence-electron chi connectivity index (χ2n) is 0.660. The van der Waals surface area contributed by atoms with Gasteiger partial charge in [0.25, 0.3) is 0 Å². The van der Waals surface area contributed by atoms with Gasteiger partial charge in [-0.05, 0) is 0 Å². The van der Waals surface area contributed by atoms with Crippen molar-refractivity contribution in [1.29, 1.82) is 0 Å². The van der Waals surface area contributed by atoms with Crippen LogP contribution in [0, 0.1) is 0 Å². The van der Waals surface area contributed by atoms with Crippen LogP contribution in [-0.2, 0) is 0 Å². The first-order valence-electron chi connectivity index (χ1n) is 1.57. The van der Waals surface area contributed by atoms with Crippen molar-refractivity contribution in [3.05, 3.63) is 21.0 Å². The Morgan fingerprint density at radius 1 is 1.00 bits per heavy atom. The monoisotopic (exact) mass is 202 g/mol. The average Bonchev–Trinajstić information content (AvgIpc) is 1.69. The Bertz CT molecular complexity index is 67.8. The summed E-state index contributed by atoms with van der Waals surface area (Å²) in [6, 6.07) is 0. The molecule has 0 rings (SSSR count). The van der Waals surface area contributed by atoms with Gasteiger partial charge in [-0.3, -0.25) is 0 Å². The Balaban J connectivity index is 2.98. The molecule has 0 aliphatic rings. The zero-order chi connectivity index (χ0) is 5.54. The van der Waals surface area contributed by atoms with Crippen LogP contribution >= 0.6 is 23.2 Å². The first kappa shape index (κ1) is 7.58. The third-order valence-electron chi connectivity index (χ3n) is 0.260. The second kappa shape index (κ2) is 6.58. The summed E-state index contributed by atoms with van der Waals surface area (Å²) in [5, 5.41) is 0. The van der Waals surface area contributed by atoms with Crippen LogP contribution < -0.4 is 0 Å². The van der Waals surface area contributed by atoms with Crippen LogP contribution in [0.3, 0.4) is 0 Å². The van der Waals surface area contributed by atoms with E-state index in [9.17, 15) is 0 Å². The Morgan fingerprint density at radius 2 is 1.43 bits per heavy atom. The molecule has 0 aromatic carbocycles. The van der Waals surface area contributed by atoms with Gasteiger partial charge in [0.15, 0.2) is 0 Å². The summed E-state index contributed by atoms with van der Waals surface area (Å²) in [4.78, 5) is 3.74. The van der Waals surface area contributed by atoms with Gasteiger partial charge in [-0.1, -0.05) is 0 Å². The van der Waals surface area contributed by atoms with E-state index in [1.165, 1.54) is 11.1 Å². The molecule has 0 nitrogen and oxygen atoms in total. The molecule has 0 aliphatic heterocycles. The van der Waals surface area contributed by atoms with Gasteiger partial charge in [-0.25, -0.2) is 0 Å². The van der Waals surface area contributed by atoms with Crippen LogP contribution in [0.15, 0.2) is 21.0 Å². The molecule has 0 amide bonds. The fourth-order valence-electron chi connectivity index (χ4n) is 0.105. The summed E-state index contributed by atoms with van der Waals surface area (Å²) in [6.45, 7) is 0. The molecule has 0 unspecified atom stereocenters. The Hall–Kier alpha value is 0.579. The van der Waals surface area contributed by atoms with Crippen molar-refractivity contribution in [3.63, 3.8) is 0 Å². The molecule has 0 saturated heterocycles. The van der Waals surface area contributed by atoms with E-state index in [4.69, 9.17) is 23.2 Å². The number of hydrogen-bond donors (Lipinski definition) is 0. The van der Waals surface area contributed by atoms with E-state index in [2.05, 4.69) is 0 Å². The standard InChI is InChI=1S/C4H4Cl2Se/c5-1-3-7-4-2-6/h1-4H. The molecule has 0 heterocycles. The molecule has 0 N–H and O–H groups in total. The molecule has 0 bridgehead atoms. The maximum absolute atomic E-state index is 5.20. The van der Waals surface area contributed by atoms with Crippen molar-refractivity contribution in [3.8, 4) is 0 Å². The van der Waals surface area contributed by atoms with E-state index in [-0.39, 0.29) is 0 Å². The fraction of sp³-hybridized carbons (Fsp3) is 0. The van der Waals surface area contributed by atoms with E-state index in [0.717, 1.165) is 0 Å². The molecular weight excluding hydrogens is 198 g/mol. The van der Waals surface area contributed by atoms with Gasteiger partial charge in [0.1, 0.15) is 0 Å². The third kappa shape index (κ3) is 6.58. The molecule has 0 spiro atoms. The maximum atomic E-state index is 5.20. The van der Waals surface area contributed by atoms with Gasteiger partial charge in [0.2, 0.25) is 0 Å². The van der Waals surface area contributed by atoms with Crippen LogP contribution in [0.5, 0.6) is 0 Å². The van der Waals surface area contributed by atoms with Crippen molar-refractivity contribution in [2.75, 3.05) is 0 Å². The molecule has 0 radical (unpaired) electrons. The predicted molar refractivity (Wildman–Crippen MR) is 35.7 cm³/mol. The van der Waals surface area contributed by atoms with E-state index >= 15 is 0 Å². The molecule has 0 atom stereocenters. The van der Waals surface area contributed by atoms with Gasteiger partial charge in [0, 0.05) is 0 Å². The Kier molecular flexibility index (Phi) is 7.12. The van der Waals surface area contributed by atoms with Crippen LogP contribution in [0.25, 0.3) is 0 Å². The van der Waals surface area contributed by atoms with Crippen molar-refractivity contribution in [2.45, 2.75) is 0 Å². The number of halogens is 2. The number of rotatable bonds is 2. The molecule has 0 aromatic heterocycles. The zero-order valence-corrected chi connectivity index (χ0v) is 6.70. The summed E-state index contributed by atoms with van der Waals surface area (Å²) < 4.78 is 0. The van der Waals surface area contributed by atoms with Crippen molar-refractivity contribution >= 4 is 38.2 Å². The summed E-state index contributed by atoms with van der Waals surface area (Å²) in [5.74, 6) is 0. The molecule has 40 valence electrons. The summed E-state index contributed by atoms with van der Waals surface area (Å²) in [7, 11) is 0. The van der Waals surface area contributed by atoms with Crippen molar-refractivity contribution in [1.82, 2.24) is 0 Å². The fourth-order valence-corrected chi connectivity index (χ4v) is 1.16. The summed E-state index contributed by atoms with van der Waals surface area (Å²) in [6.07, 6.45) is 0. The Labute approximate surface area is 59.3 Å². The van der Waals surface area contributed by atoms with Gasteiger partial charge in [0.05, 0.1) is 0 Å². The molecule has 0 aliphatic carbocycles. The average molecular weight is 202 g/mol. The van der Waals surface area contributed by atoms with Gasteiger partial charge >= 0.3 is 59.2 Å². The SMILES string of the molecule is ClC=C[Se]C=CCl. The van der Waals surface area contributed by atoms with Crippen LogP contribution in [0.2, 0.25) is 0 Å².